The molecule has 0 bridgehead atoms. The van der Waals surface area contributed by atoms with Crippen LogP contribution >= 0.6 is 0 Å². The van der Waals surface area contributed by atoms with Gasteiger partial charge in [0.1, 0.15) is 5.82 Å². The molecule has 34 heavy (non-hydrogen) atoms. The zero-order valence-corrected chi connectivity index (χ0v) is 19.6. The molecule has 0 unspecified atom stereocenters. The summed E-state index contributed by atoms with van der Waals surface area (Å²) in [5.41, 5.74) is 8.64. The van der Waals surface area contributed by atoms with E-state index in [1.807, 2.05) is 30.7 Å². The fraction of sp³-hybridized carbons (Fsp3) is 0.226. The van der Waals surface area contributed by atoms with E-state index in [0.29, 0.717) is 0 Å². The van der Waals surface area contributed by atoms with Crippen molar-refractivity contribution < 1.29 is 8.67 Å². The summed E-state index contributed by atoms with van der Waals surface area (Å²) in [5, 5.41) is 0. The van der Waals surface area contributed by atoms with Crippen molar-refractivity contribution in [1.29, 1.82) is 0 Å². The Kier molecular flexibility index (Phi) is 8.34. The summed E-state index contributed by atoms with van der Waals surface area (Å²) in [6, 6.07) is 22.0. The van der Waals surface area contributed by atoms with Gasteiger partial charge in [-0.15, -0.1) is 0 Å². The van der Waals surface area contributed by atoms with Crippen molar-refractivity contribution in [3.05, 3.63) is 137 Å². The topological polar surface area (TPSA) is 25.8 Å². The second-order valence-corrected chi connectivity index (χ2v) is 8.80. The monoisotopic (exact) mass is 456 g/mol. The van der Waals surface area contributed by atoms with Gasteiger partial charge in [-0.05, 0) is 114 Å². The molecule has 0 N–H and O–H groups in total. The van der Waals surface area contributed by atoms with Crippen LogP contribution in [0.25, 0.3) is 5.57 Å². The highest BCUT2D eigenvalue weighted by atomic mass is 19.1. The Balaban J connectivity index is 0.00000228. The van der Waals surface area contributed by atoms with E-state index in [0.717, 1.165) is 56.1 Å². The number of hydrogen-bond donors (Lipinski definition) is 0. The third kappa shape index (κ3) is 6.95. The quantitative estimate of drug-likeness (QED) is 0.229. The zero-order chi connectivity index (χ0) is 23.6. The molecular formula is C31H37FN2. The number of aryl methyl sites for hydroxylation is 5. The van der Waals surface area contributed by atoms with Crippen LogP contribution in [0.5, 0.6) is 0 Å². The molecule has 0 atom stereocenters. The molecule has 0 amide bonds. The number of allylic oxidation sites excluding steroid dienone is 1. The Morgan fingerprint density at radius 1 is 0.706 bits per heavy atom. The molecule has 2 heterocycles. The minimum absolute atomic E-state index is 0. The zero-order valence-electron chi connectivity index (χ0n) is 19.6. The summed E-state index contributed by atoms with van der Waals surface area (Å²) in [4.78, 5) is 8.34. The van der Waals surface area contributed by atoms with Crippen molar-refractivity contribution in [2.45, 2.75) is 44.9 Å². The lowest BCUT2D eigenvalue weighted by atomic mass is 9.90. The van der Waals surface area contributed by atoms with E-state index in [1.54, 1.807) is 18.3 Å². The fourth-order valence-corrected chi connectivity index (χ4v) is 4.34. The summed E-state index contributed by atoms with van der Waals surface area (Å²) in [6.07, 6.45) is 14.0. The number of halogens is 1. The standard InChI is InChI=1S/C31H31FN2.3H2/c1-24(10-11-28-7-4-18-34-23-28)31-15-14-27(13-12-25-16-19-33-20-17-25)21-29(31)8-2-5-26-6-3-9-30(32)22-26;;;/h3-4,6-7,9,14-23H,1-2,5,8,10-13H2;3*1H. The smallest absolute Gasteiger partial charge is 0.123 e. The van der Waals surface area contributed by atoms with Gasteiger partial charge in [-0.25, -0.2) is 4.39 Å². The second kappa shape index (κ2) is 12.0. The number of pyridine rings is 2. The van der Waals surface area contributed by atoms with Crippen LogP contribution in [0, 0.1) is 5.82 Å². The molecule has 178 valence electrons. The van der Waals surface area contributed by atoms with Gasteiger partial charge in [0.25, 0.3) is 0 Å². The minimum Gasteiger partial charge on any atom is -0.265 e. The normalized spacial score (nSPS) is 10.9. The van der Waals surface area contributed by atoms with Gasteiger partial charge in [-0.2, -0.15) is 0 Å². The average Bonchev–Trinajstić information content (AvgIpc) is 2.87. The maximum Gasteiger partial charge on any atom is 0.123 e. The molecule has 0 aliphatic rings. The van der Waals surface area contributed by atoms with Crippen molar-refractivity contribution in [3.8, 4) is 0 Å². The molecular weight excluding hydrogens is 419 g/mol. The molecule has 2 aromatic heterocycles. The second-order valence-electron chi connectivity index (χ2n) is 8.80. The van der Waals surface area contributed by atoms with E-state index in [2.05, 4.69) is 52.9 Å². The van der Waals surface area contributed by atoms with Crippen molar-refractivity contribution >= 4 is 5.57 Å². The first-order valence-electron chi connectivity index (χ1n) is 12.0. The summed E-state index contributed by atoms with van der Waals surface area (Å²) in [7, 11) is 0. The van der Waals surface area contributed by atoms with Gasteiger partial charge in [0, 0.05) is 29.1 Å². The van der Waals surface area contributed by atoms with Gasteiger partial charge in [0.05, 0.1) is 0 Å². The van der Waals surface area contributed by atoms with E-state index >= 15 is 0 Å². The maximum absolute atomic E-state index is 13.6. The highest BCUT2D eigenvalue weighted by Crippen LogP contribution is 2.26. The molecule has 0 fully saturated rings. The molecule has 4 aromatic rings. The fourth-order valence-electron chi connectivity index (χ4n) is 4.34. The van der Waals surface area contributed by atoms with Crippen LogP contribution in [0.2, 0.25) is 0 Å². The summed E-state index contributed by atoms with van der Waals surface area (Å²) >= 11 is 0. The Hall–Kier alpha value is -3.59. The highest BCUT2D eigenvalue weighted by Gasteiger charge is 2.09. The van der Waals surface area contributed by atoms with Gasteiger partial charge in [0.15, 0.2) is 0 Å². The maximum atomic E-state index is 13.6. The Bertz CT molecular complexity index is 1220. The lowest BCUT2D eigenvalue weighted by molar-refractivity contribution is 0.624. The predicted octanol–water partition coefficient (Wildman–Crippen LogP) is 7.96. The molecule has 0 saturated heterocycles. The van der Waals surface area contributed by atoms with Crippen LogP contribution in [0.1, 0.15) is 50.5 Å². The minimum atomic E-state index is -0.167. The van der Waals surface area contributed by atoms with Gasteiger partial charge >= 0.3 is 0 Å². The van der Waals surface area contributed by atoms with Crippen molar-refractivity contribution in [2.75, 3.05) is 0 Å². The highest BCUT2D eigenvalue weighted by molar-refractivity contribution is 5.67. The molecule has 0 spiro atoms. The van der Waals surface area contributed by atoms with E-state index in [-0.39, 0.29) is 10.1 Å². The van der Waals surface area contributed by atoms with Crippen LogP contribution in [0.3, 0.4) is 0 Å². The molecule has 3 heteroatoms. The number of benzene rings is 2. The largest absolute Gasteiger partial charge is 0.265 e. The summed E-state index contributed by atoms with van der Waals surface area (Å²) in [5.74, 6) is -0.167. The first kappa shape index (κ1) is 23.6. The Labute approximate surface area is 206 Å². The predicted molar refractivity (Wildman–Crippen MR) is 144 cm³/mol. The van der Waals surface area contributed by atoms with E-state index < -0.39 is 0 Å². The lowest BCUT2D eigenvalue weighted by Crippen LogP contribution is -2.00. The van der Waals surface area contributed by atoms with Crippen molar-refractivity contribution in [2.24, 2.45) is 0 Å². The summed E-state index contributed by atoms with van der Waals surface area (Å²) in [6.45, 7) is 4.42. The molecule has 2 nitrogen and oxygen atoms in total. The molecule has 0 saturated carbocycles. The van der Waals surface area contributed by atoms with Gasteiger partial charge in [-0.1, -0.05) is 43.0 Å². The third-order valence-corrected chi connectivity index (χ3v) is 6.24. The molecule has 0 radical (unpaired) electrons. The van der Waals surface area contributed by atoms with Gasteiger partial charge in [0.2, 0.25) is 0 Å². The van der Waals surface area contributed by atoms with Crippen molar-refractivity contribution in [3.63, 3.8) is 0 Å². The Morgan fingerprint density at radius 2 is 1.50 bits per heavy atom. The van der Waals surface area contributed by atoms with Gasteiger partial charge < -0.3 is 0 Å². The first-order valence-corrected chi connectivity index (χ1v) is 12.0. The molecule has 0 aliphatic carbocycles. The molecule has 4 rings (SSSR count). The van der Waals surface area contributed by atoms with Crippen LogP contribution in [0.4, 0.5) is 4.39 Å². The van der Waals surface area contributed by atoms with Crippen LogP contribution < -0.4 is 0 Å². The summed E-state index contributed by atoms with van der Waals surface area (Å²) < 4.78 is 13.6. The van der Waals surface area contributed by atoms with Gasteiger partial charge in [-0.3, -0.25) is 9.97 Å². The number of rotatable bonds is 11. The van der Waals surface area contributed by atoms with E-state index in [4.69, 9.17) is 0 Å². The van der Waals surface area contributed by atoms with Crippen LogP contribution in [-0.2, 0) is 32.1 Å². The number of hydrogen-bond acceptors (Lipinski definition) is 2. The average molecular weight is 457 g/mol. The van der Waals surface area contributed by atoms with Crippen molar-refractivity contribution in [1.82, 2.24) is 9.97 Å². The number of aromatic nitrogens is 2. The Morgan fingerprint density at radius 3 is 2.29 bits per heavy atom. The third-order valence-electron chi connectivity index (χ3n) is 6.24. The lowest BCUT2D eigenvalue weighted by Gasteiger charge is -2.15. The van der Waals surface area contributed by atoms with E-state index in [9.17, 15) is 4.39 Å². The number of nitrogens with zero attached hydrogens (tertiary/aromatic N) is 2. The van der Waals surface area contributed by atoms with E-state index in [1.165, 1.54) is 33.9 Å². The molecule has 2 aromatic carbocycles. The molecule has 0 aliphatic heterocycles. The van der Waals surface area contributed by atoms with Crippen LogP contribution in [0.15, 0.2) is 98.1 Å². The SMILES string of the molecule is C=C(CCc1cccnc1)c1ccc(CCc2ccncc2)cc1CCCc1cccc(F)c1.[HH].[HH].[HH]. The van der Waals surface area contributed by atoms with Crippen LogP contribution in [-0.4, -0.2) is 9.97 Å². The first-order chi connectivity index (χ1) is 16.7.